The summed E-state index contributed by atoms with van der Waals surface area (Å²) >= 11 is 0. The predicted molar refractivity (Wildman–Crippen MR) is 48.7 cm³/mol. The van der Waals surface area contributed by atoms with E-state index in [2.05, 4.69) is 0 Å². The van der Waals surface area contributed by atoms with E-state index in [1.807, 2.05) is 0 Å². The highest BCUT2D eigenvalue weighted by Crippen LogP contribution is 2.19. The minimum Gasteiger partial charge on any atom is -0.326 e. The topological polar surface area (TPSA) is 63.4 Å². The van der Waals surface area contributed by atoms with Gasteiger partial charge >= 0.3 is 0 Å². The summed E-state index contributed by atoms with van der Waals surface area (Å²) in [6.45, 7) is 5.39. The molecule has 1 rings (SSSR count). The van der Waals surface area contributed by atoms with Crippen LogP contribution in [0.5, 0.6) is 0 Å². The van der Waals surface area contributed by atoms with Crippen LogP contribution in [-0.4, -0.2) is 29.3 Å². The summed E-state index contributed by atoms with van der Waals surface area (Å²) in [6.07, 6.45) is 0. The van der Waals surface area contributed by atoms with Crippen molar-refractivity contribution in [3.8, 4) is 0 Å². The molecule has 1 aliphatic rings. The smallest absolute Gasteiger partial charge is 0.256 e. The van der Waals surface area contributed by atoms with Crippen LogP contribution in [0.4, 0.5) is 0 Å². The molecule has 1 heterocycles. The normalized spacial score (nSPS) is 20.2. The molecule has 0 spiro atoms. The average Bonchev–Trinajstić information content (AvgIpc) is 2.22. The van der Waals surface area contributed by atoms with E-state index in [4.69, 9.17) is 5.73 Å². The zero-order valence-corrected chi connectivity index (χ0v) is 8.13. The molecule has 0 saturated carbocycles. The van der Waals surface area contributed by atoms with Crippen molar-refractivity contribution in [2.24, 2.45) is 5.73 Å². The first-order valence-corrected chi connectivity index (χ1v) is 4.24. The highest BCUT2D eigenvalue weighted by atomic mass is 16.2. The molecule has 72 valence electrons. The van der Waals surface area contributed by atoms with Gasteiger partial charge in [0.1, 0.15) is 0 Å². The van der Waals surface area contributed by atoms with Crippen LogP contribution in [-0.2, 0) is 9.59 Å². The number of rotatable bonds is 2. The summed E-state index contributed by atoms with van der Waals surface area (Å²) in [4.78, 5) is 24.1. The van der Waals surface area contributed by atoms with Crippen molar-refractivity contribution in [3.05, 3.63) is 11.1 Å². The first kappa shape index (κ1) is 9.92. The van der Waals surface area contributed by atoms with Gasteiger partial charge in [-0.2, -0.15) is 0 Å². The van der Waals surface area contributed by atoms with E-state index in [1.165, 1.54) is 4.90 Å². The van der Waals surface area contributed by atoms with Gasteiger partial charge < -0.3 is 5.73 Å². The number of amides is 2. The SMILES string of the molecule is CC1=C(C)C(=O)N(CC(C)N)C1=O. The Balaban J connectivity index is 2.85. The molecule has 13 heavy (non-hydrogen) atoms. The number of carbonyl (C=O) groups is 2. The molecule has 1 unspecified atom stereocenters. The van der Waals surface area contributed by atoms with Crippen molar-refractivity contribution in [1.82, 2.24) is 4.90 Å². The van der Waals surface area contributed by atoms with Crippen molar-refractivity contribution in [2.45, 2.75) is 26.8 Å². The van der Waals surface area contributed by atoms with Gasteiger partial charge in [0.05, 0.1) is 0 Å². The minimum atomic E-state index is -0.209. The van der Waals surface area contributed by atoms with Crippen molar-refractivity contribution in [2.75, 3.05) is 6.54 Å². The third-order valence-electron chi connectivity index (χ3n) is 2.16. The first-order valence-electron chi connectivity index (χ1n) is 4.24. The number of hydrogen-bond donors (Lipinski definition) is 1. The number of carbonyl (C=O) groups excluding carboxylic acids is 2. The number of imide groups is 1. The van der Waals surface area contributed by atoms with Crippen LogP contribution in [0.1, 0.15) is 20.8 Å². The standard InChI is InChI=1S/C9H14N2O2/c1-5(10)4-11-8(12)6(2)7(3)9(11)13/h5H,4,10H2,1-3H3. The lowest BCUT2D eigenvalue weighted by Gasteiger charge is -2.16. The van der Waals surface area contributed by atoms with E-state index in [9.17, 15) is 9.59 Å². The molecule has 2 amide bonds. The summed E-state index contributed by atoms with van der Waals surface area (Å²) in [5.41, 5.74) is 6.59. The largest absolute Gasteiger partial charge is 0.326 e. The van der Waals surface area contributed by atoms with Crippen LogP contribution >= 0.6 is 0 Å². The Morgan fingerprint density at radius 2 is 1.62 bits per heavy atom. The first-order chi connectivity index (χ1) is 5.95. The van der Waals surface area contributed by atoms with Gasteiger partial charge in [0, 0.05) is 23.7 Å². The van der Waals surface area contributed by atoms with Crippen LogP contribution in [0, 0.1) is 0 Å². The van der Waals surface area contributed by atoms with Crippen LogP contribution in [0.25, 0.3) is 0 Å². The third kappa shape index (κ3) is 1.62. The van der Waals surface area contributed by atoms with Crippen LogP contribution in [0.15, 0.2) is 11.1 Å². The molecule has 0 radical (unpaired) electrons. The zero-order chi connectivity index (χ0) is 10.2. The molecule has 0 aliphatic carbocycles. The van der Waals surface area contributed by atoms with Crippen molar-refractivity contribution < 1.29 is 9.59 Å². The molecule has 0 aromatic heterocycles. The Hall–Kier alpha value is -1.16. The molecule has 0 aromatic rings. The van der Waals surface area contributed by atoms with Gasteiger partial charge in [-0.25, -0.2) is 0 Å². The lowest BCUT2D eigenvalue weighted by molar-refractivity contribution is -0.137. The van der Waals surface area contributed by atoms with Gasteiger partial charge in [0.2, 0.25) is 0 Å². The van der Waals surface area contributed by atoms with Crippen LogP contribution in [0.3, 0.4) is 0 Å². The Kier molecular flexibility index (Phi) is 2.52. The number of nitrogens with two attached hydrogens (primary N) is 1. The summed E-state index contributed by atoms with van der Waals surface area (Å²) in [5, 5.41) is 0. The van der Waals surface area contributed by atoms with Gasteiger partial charge in [-0.15, -0.1) is 0 Å². The zero-order valence-electron chi connectivity index (χ0n) is 8.13. The maximum Gasteiger partial charge on any atom is 0.256 e. The fourth-order valence-electron chi connectivity index (χ4n) is 1.27. The van der Waals surface area contributed by atoms with Crippen LogP contribution in [0.2, 0.25) is 0 Å². The fourth-order valence-corrected chi connectivity index (χ4v) is 1.27. The predicted octanol–water partition coefficient (Wildman–Crippen LogP) is 0.0388. The average molecular weight is 182 g/mol. The molecule has 0 bridgehead atoms. The molecule has 4 nitrogen and oxygen atoms in total. The van der Waals surface area contributed by atoms with Gasteiger partial charge in [-0.3, -0.25) is 14.5 Å². The maximum atomic E-state index is 11.5. The monoisotopic (exact) mass is 182 g/mol. The van der Waals surface area contributed by atoms with E-state index in [0.717, 1.165) is 0 Å². The highest BCUT2D eigenvalue weighted by Gasteiger charge is 2.33. The Morgan fingerprint density at radius 1 is 1.23 bits per heavy atom. The van der Waals surface area contributed by atoms with Gasteiger partial charge in [0.25, 0.3) is 11.8 Å². The van der Waals surface area contributed by atoms with Crippen molar-refractivity contribution >= 4 is 11.8 Å². The molecule has 1 aliphatic heterocycles. The van der Waals surface area contributed by atoms with E-state index in [-0.39, 0.29) is 17.9 Å². The Morgan fingerprint density at radius 3 is 1.92 bits per heavy atom. The summed E-state index contributed by atoms with van der Waals surface area (Å²) in [7, 11) is 0. The second kappa shape index (κ2) is 3.30. The second-order valence-electron chi connectivity index (χ2n) is 3.45. The lowest BCUT2D eigenvalue weighted by atomic mass is 10.2. The number of hydrogen-bond acceptors (Lipinski definition) is 3. The summed E-state index contributed by atoms with van der Waals surface area (Å²) in [6, 6.07) is -0.174. The summed E-state index contributed by atoms with van der Waals surface area (Å²) < 4.78 is 0. The Bertz CT molecular complexity index is 268. The quantitative estimate of drug-likeness (QED) is 0.613. The minimum absolute atomic E-state index is 0.174. The van der Waals surface area contributed by atoms with E-state index >= 15 is 0 Å². The lowest BCUT2D eigenvalue weighted by Crippen LogP contribution is -2.40. The van der Waals surface area contributed by atoms with Gasteiger partial charge in [-0.1, -0.05) is 0 Å². The van der Waals surface area contributed by atoms with E-state index in [1.54, 1.807) is 20.8 Å². The highest BCUT2D eigenvalue weighted by molar-refractivity contribution is 6.18. The number of nitrogens with zero attached hydrogens (tertiary/aromatic N) is 1. The maximum absolute atomic E-state index is 11.5. The summed E-state index contributed by atoms with van der Waals surface area (Å²) in [5.74, 6) is -0.417. The Labute approximate surface area is 77.4 Å². The second-order valence-corrected chi connectivity index (χ2v) is 3.45. The van der Waals surface area contributed by atoms with E-state index in [0.29, 0.717) is 17.7 Å². The van der Waals surface area contributed by atoms with Crippen molar-refractivity contribution in [3.63, 3.8) is 0 Å². The molecule has 2 N–H and O–H groups in total. The molecular formula is C9H14N2O2. The molecule has 1 atom stereocenters. The van der Waals surface area contributed by atoms with Gasteiger partial charge in [0.15, 0.2) is 0 Å². The van der Waals surface area contributed by atoms with Crippen molar-refractivity contribution in [1.29, 1.82) is 0 Å². The molecule has 4 heteroatoms. The third-order valence-corrected chi connectivity index (χ3v) is 2.16. The fraction of sp³-hybridized carbons (Fsp3) is 0.556. The molecule has 0 aromatic carbocycles. The molecular weight excluding hydrogens is 168 g/mol. The molecule has 0 saturated heterocycles. The molecule has 0 fully saturated rings. The van der Waals surface area contributed by atoms with Crippen LogP contribution < -0.4 is 5.73 Å². The van der Waals surface area contributed by atoms with E-state index < -0.39 is 0 Å². The van der Waals surface area contributed by atoms with Gasteiger partial charge in [-0.05, 0) is 20.8 Å².